The number of rotatable bonds is 5. The molecule has 1 saturated carbocycles. The number of nitrogens with one attached hydrogen (secondary N) is 1. The Balaban J connectivity index is 1.83. The van der Waals surface area contributed by atoms with Crippen molar-refractivity contribution in [3.63, 3.8) is 0 Å². The van der Waals surface area contributed by atoms with Gasteiger partial charge in [-0.05, 0) is 37.0 Å². The number of carbonyl (C=O) groups is 1. The van der Waals surface area contributed by atoms with Crippen molar-refractivity contribution in [2.24, 2.45) is 16.3 Å². The summed E-state index contributed by atoms with van der Waals surface area (Å²) in [5.41, 5.74) is 5.74. The van der Waals surface area contributed by atoms with E-state index in [1.54, 1.807) is 24.3 Å². The minimum absolute atomic E-state index is 0.0189. The third-order valence-electron chi connectivity index (χ3n) is 3.42. The van der Waals surface area contributed by atoms with E-state index in [2.05, 4.69) is 10.5 Å². The molecule has 0 spiro atoms. The van der Waals surface area contributed by atoms with Crippen LogP contribution in [0.2, 0.25) is 0 Å². The fourth-order valence-corrected chi connectivity index (χ4v) is 1.97. The van der Waals surface area contributed by atoms with Gasteiger partial charge in [-0.1, -0.05) is 17.3 Å². The van der Waals surface area contributed by atoms with Gasteiger partial charge in [-0.25, -0.2) is 0 Å². The number of benzene rings is 1. The number of amidine groups is 1. The van der Waals surface area contributed by atoms with Crippen LogP contribution in [0.4, 0.5) is 0 Å². The topological polar surface area (TPSA) is 108 Å². The van der Waals surface area contributed by atoms with E-state index in [-0.39, 0.29) is 17.5 Å². The zero-order valence-corrected chi connectivity index (χ0v) is 10.5. The molecule has 0 heterocycles. The molecule has 0 unspecified atom stereocenters. The van der Waals surface area contributed by atoms with Crippen LogP contribution in [-0.2, 0) is 11.2 Å². The van der Waals surface area contributed by atoms with Gasteiger partial charge >= 0.3 is 0 Å². The van der Waals surface area contributed by atoms with E-state index in [4.69, 9.17) is 16.0 Å². The van der Waals surface area contributed by atoms with Crippen molar-refractivity contribution in [2.75, 3.05) is 6.54 Å². The molecule has 1 amide bonds. The van der Waals surface area contributed by atoms with Gasteiger partial charge < -0.3 is 21.4 Å². The SMILES string of the molecule is N/C(=N/O)C1(C(=O)NCCc2ccc(O)cc2)CC1. The molecule has 0 aromatic heterocycles. The van der Waals surface area contributed by atoms with E-state index in [1.165, 1.54) is 0 Å². The first-order valence-electron chi connectivity index (χ1n) is 6.13. The molecule has 0 bridgehead atoms. The van der Waals surface area contributed by atoms with Gasteiger partial charge in [0, 0.05) is 6.54 Å². The molecule has 1 aromatic rings. The third-order valence-corrected chi connectivity index (χ3v) is 3.42. The summed E-state index contributed by atoms with van der Waals surface area (Å²) in [5, 5.41) is 23.5. The Hall–Kier alpha value is -2.24. The van der Waals surface area contributed by atoms with Crippen molar-refractivity contribution in [1.29, 1.82) is 0 Å². The summed E-state index contributed by atoms with van der Waals surface area (Å²) >= 11 is 0. The summed E-state index contributed by atoms with van der Waals surface area (Å²) in [6, 6.07) is 6.82. The monoisotopic (exact) mass is 263 g/mol. The molecule has 2 rings (SSSR count). The van der Waals surface area contributed by atoms with Crippen LogP contribution in [0, 0.1) is 5.41 Å². The molecule has 5 N–H and O–H groups in total. The second kappa shape index (κ2) is 5.17. The zero-order chi connectivity index (χ0) is 13.9. The Bertz CT molecular complexity index is 492. The van der Waals surface area contributed by atoms with Gasteiger partial charge in [-0.2, -0.15) is 0 Å². The Morgan fingerprint density at radius 1 is 1.37 bits per heavy atom. The smallest absolute Gasteiger partial charge is 0.233 e. The zero-order valence-electron chi connectivity index (χ0n) is 10.5. The molecule has 102 valence electrons. The molecule has 0 atom stereocenters. The molecule has 19 heavy (non-hydrogen) atoms. The van der Waals surface area contributed by atoms with Crippen molar-refractivity contribution < 1.29 is 15.1 Å². The fourth-order valence-electron chi connectivity index (χ4n) is 1.97. The Labute approximate surface area is 110 Å². The molecule has 0 saturated heterocycles. The number of amides is 1. The lowest BCUT2D eigenvalue weighted by molar-refractivity contribution is -0.124. The van der Waals surface area contributed by atoms with Crippen LogP contribution in [0.1, 0.15) is 18.4 Å². The number of nitrogens with two attached hydrogens (primary N) is 1. The summed E-state index contributed by atoms with van der Waals surface area (Å²) in [5.74, 6) is 0.00728. The van der Waals surface area contributed by atoms with Crippen molar-refractivity contribution in [1.82, 2.24) is 5.32 Å². The molecule has 1 aliphatic rings. The minimum atomic E-state index is -0.802. The molecular weight excluding hydrogens is 246 g/mol. The lowest BCUT2D eigenvalue weighted by Crippen LogP contribution is -2.41. The van der Waals surface area contributed by atoms with E-state index >= 15 is 0 Å². The molecular formula is C13H17N3O3. The average molecular weight is 263 g/mol. The predicted molar refractivity (Wildman–Crippen MR) is 69.9 cm³/mol. The largest absolute Gasteiger partial charge is 0.508 e. The maximum absolute atomic E-state index is 11.9. The number of oxime groups is 1. The maximum atomic E-state index is 11.9. The summed E-state index contributed by atoms with van der Waals surface area (Å²) in [4.78, 5) is 11.9. The molecule has 0 radical (unpaired) electrons. The summed E-state index contributed by atoms with van der Waals surface area (Å²) in [7, 11) is 0. The highest BCUT2D eigenvalue weighted by Gasteiger charge is 2.54. The summed E-state index contributed by atoms with van der Waals surface area (Å²) in [6.07, 6.45) is 1.90. The van der Waals surface area contributed by atoms with Gasteiger partial charge in [0.2, 0.25) is 5.91 Å². The lowest BCUT2D eigenvalue weighted by atomic mass is 10.1. The van der Waals surface area contributed by atoms with Gasteiger partial charge in [-0.15, -0.1) is 0 Å². The van der Waals surface area contributed by atoms with Gasteiger partial charge in [0.05, 0.1) is 0 Å². The summed E-state index contributed by atoms with van der Waals surface area (Å²) in [6.45, 7) is 0.476. The van der Waals surface area contributed by atoms with Crippen LogP contribution in [0.15, 0.2) is 29.4 Å². The number of carbonyl (C=O) groups excluding carboxylic acids is 1. The number of hydrogen-bond donors (Lipinski definition) is 4. The molecule has 0 aliphatic heterocycles. The van der Waals surface area contributed by atoms with Crippen LogP contribution in [-0.4, -0.2) is 28.6 Å². The van der Waals surface area contributed by atoms with Gasteiger partial charge in [0.15, 0.2) is 5.84 Å². The van der Waals surface area contributed by atoms with Crippen LogP contribution >= 0.6 is 0 Å². The average Bonchev–Trinajstić information content (AvgIpc) is 3.21. The highest BCUT2D eigenvalue weighted by atomic mass is 16.4. The summed E-state index contributed by atoms with van der Waals surface area (Å²) < 4.78 is 0. The van der Waals surface area contributed by atoms with Crippen molar-refractivity contribution >= 4 is 11.7 Å². The van der Waals surface area contributed by atoms with E-state index in [0.717, 1.165) is 5.56 Å². The second-order valence-electron chi connectivity index (χ2n) is 4.74. The second-order valence-corrected chi connectivity index (χ2v) is 4.74. The Morgan fingerprint density at radius 2 is 2.00 bits per heavy atom. The number of phenolic OH excluding ortho intramolecular Hbond substituents is 1. The van der Waals surface area contributed by atoms with E-state index in [1.807, 2.05) is 0 Å². The number of phenols is 1. The quantitative estimate of drug-likeness (QED) is 0.270. The van der Waals surface area contributed by atoms with E-state index in [0.29, 0.717) is 25.8 Å². The molecule has 1 aliphatic carbocycles. The van der Waals surface area contributed by atoms with E-state index < -0.39 is 5.41 Å². The van der Waals surface area contributed by atoms with Crippen LogP contribution < -0.4 is 11.1 Å². The highest BCUT2D eigenvalue weighted by molar-refractivity contribution is 6.09. The van der Waals surface area contributed by atoms with Crippen molar-refractivity contribution in [3.8, 4) is 5.75 Å². The van der Waals surface area contributed by atoms with Crippen molar-refractivity contribution in [2.45, 2.75) is 19.3 Å². The molecule has 1 fully saturated rings. The first kappa shape index (κ1) is 13.2. The van der Waals surface area contributed by atoms with Gasteiger partial charge in [0.1, 0.15) is 11.2 Å². The number of hydrogen-bond acceptors (Lipinski definition) is 4. The standard InChI is InChI=1S/C13H17N3O3/c14-11(16-19)13(6-7-13)12(18)15-8-5-9-1-3-10(17)4-2-9/h1-4,17,19H,5-8H2,(H2,14,16)(H,15,18). The minimum Gasteiger partial charge on any atom is -0.508 e. The normalized spacial score (nSPS) is 16.9. The number of nitrogens with zero attached hydrogens (tertiary/aromatic N) is 1. The number of aromatic hydroxyl groups is 1. The van der Waals surface area contributed by atoms with Gasteiger partial charge in [-0.3, -0.25) is 4.79 Å². The third kappa shape index (κ3) is 2.78. The fraction of sp³-hybridized carbons (Fsp3) is 0.385. The Morgan fingerprint density at radius 3 is 2.53 bits per heavy atom. The molecule has 6 heteroatoms. The van der Waals surface area contributed by atoms with Crippen LogP contribution in [0.3, 0.4) is 0 Å². The van der Waals surface area contributed by atoms with Gasteiger partial charge in [0.25, 0.3) is 0 Å². The van der Waals surface area contributed by atoms with Crippen LogP contribution in [0.5, 0.6) is 5.75 Å². The lowest BCUT2D eigenvalue weighted by Gasteiger charge is -2.13. The molecule has 1 aromatic carbocycles. The molecule has 6 nitrogen and oxygen atoms in total. The highest BCUT2D eigenvalue weighted by Crippen LogP contribution is 2.45. The van der Waals surface area contributed by atoms with Crippen molar-refractivity contribution in [3.05, 3.63) is 29.8 Å². The first-order chi connectivity index (χ1) is 9.08. The van der Waals surface area contributed by atoms with E-state index in [9.17, 15) is 4.79 Å². The Kier molecular flexibility index (Phi) is 3.59. The predicted octanol–water partition coefficient (Wildman–Crippen LogP) is 0.577. The first-order valence-corrected chi connectivity index (χ1v) is 6.13. The maximum Gasteiger partial charge on any atom is 0.233 e. The van der Waals surface area contributed by atoms with Crippen LogP contribution in [0.25, 0.3) is 0 Å².